The third-order valence-electron chi connectivity index (χ3n) is 9.95. The third-order valence-corrected chi connectivity index (χ3v) is 9.95. The zero-order valence-corrected chi connectivity index (χ0v) is 28.8. The van der Waals surface area contributed by atoms with E-state index in [2.05, 4.69) is 50.8 Å². The fraction of sp³-hybridized carbons (Fsp3) is 0.474. The lowest BCUT2D eigenvalue weighted by Crippen LogP contribution is -2.41. The smallest absolute Gasteiger partial charge is 0.233 e. The van der Waals surface area contributed by atoms with E-state index in [9.17, 15) is 4.79 Å². The molecule has 0 saturated carbocycles. The summed E-state index contributed by atoms with van der Waals surface area (Å²) in [5.41, 5.74) is 3.64. The van der Waals surface area contributed by atoms with Crippen molar-refractivity contribution < 1.29 is 23.7 Å². The molecule has 2 fully saturated rings. The van der Waals surface area contributed by atoms with Gasteiger partial charge < -0.3 is 38.2 Å². The monoisotopic (exact) mass is 655 g/mol. The first-order valence-electron chi connectivity index (χ1n) is 17.2. The van der Waals surface area contributed by atoms with Gasteiger partial charge in [-0.25, -0.2) is 4.98 Å². The van der Waals surface area contributed by atoms with Crippen molar-refractivity contribution in [3.8, 4) is 17.2 Å². The van der Waals surface area contributed by atoms with Crippen LogP contribution < -0.4 is 19.1 Å². The number of carbonyl (C=O) groups is 1. The number of para-hydroxylation sites is 2. The highest BCUT2D eigenvalue weighted by Crippen LogP contribution is 2.42. The maximum Gasteiger partial charge on any atom is 0.233 e. The highest BCUT2D eigenvalue weighted by Gasteiger charge is 2.47. The van der Waals surface area contributed by atoms with Crippen molar-refractivity contribution >= 4 is 22.9 Å². The van der Waals surface area contributed by atoms with Crippen molar-refractivity contribution in [2.45, 2.75) is 44.7 Å². The number of hydrogen-bond donors (Lipinski definition) is 0. The first-order chi connectivity index (χ1) is 23.5. The lowest BCUT2D eigenvalue weighted by atomic mass is 9.76. The summed E-state index contributed by atoms with van der Waals surface area (Å²) in [5, 5.41) is 0. The predicted octanol–water partition coefficient (Wildman–Crippen LogP) is 5.37. The number of ether oxygens (including phenoxy) is 4. The molecule has 10 heteroatoms. The van der Waals surface area contributed by atoms with E-state index in [1.165, 1.54) is 0 Å². The van der Waals surface area contributed by atoms with Gasteiger partial charge in [0.05, 0.1) is 44.4 Å². The summed E-state index contributed by atoms with van der Waals surface area (Å²) in [5.74, 6) is 2.93. The predicted molar refractivity (Wildman–Crippen MR) is 188 cm³/mol. The Morgan fingerprint density at radius 1 is 0.833 bits per heavy atom. The Kier molecular flexibility index (Phi) is 10.7. The number of benzene rings is 3. The minimum absolute atomic E-state index is 0.182. The average Bonchev–Trinajstić information content (AvgIpc) is 3.53. The highest BCUT2D eigenvalue weighted by atomic mass is 16.5. The quantitative estimate of drug-likeness (QED) is 0.168. The molecule has 2 aliphatic rings. The first-order valence-corrected chi connectivity index (χ1v) is 17.2. The summed E-state index contributed by atoms with van der Waals surface area (Å²) in [6.45, 7) is 9.94. The number of methoxy groups -OCH3 is 3. The molecular formula is C38H49N5O5. The Morgan fingerprint density at radius 3 is 2.31 bits per heavy atom. The van der Waals surface area contributed by atoms with Crippen molar-refractivity contribution in [1.29, 1.82) is 0 Å². The van der Waals surface area contributed by atoms with Crippen LogP contribution in [0.15, 0.2) is 66.7 Å². The molecule has 1 atom stereocenters. The van der Waals surface area contributed by atoms with Crippen molar-refractivity contribution in [3.05, 3.63) is 77.9 Å². The van der Waals surface area contributed by atoms with Gasteiger partial charge in [-0.1, -0.05) is 42.5 Å². The van der Waals surface area contributed by atoms with Crippen LogP contribution in [0.5, 0.6) is 17.2 Å². The fourth-order valence-electron chi connectivity index (χ4n) is 7.40. The van der Waals surface area contributed by atoms with Crippen molar-refractivity contribution in [1.82, 2.24) is 19.4 Å². The lowest BCUT2D eigenvalue weighted by Gasteiger charge is -2.31. The van der Waals surface area contributed by atoms with Crippen LogP contribution in [0, 0.1) is 0 Å². The van der Waals surface area contributed by atoms with E-state index in [1.54, 1.807) is 21.3 Å². The number of imidazole rings is 1. The number of aromatic nitrogens is 2. The maximum absolute atomic E-state index is 14.5. The topological polar surface area (TPSA) is 81.5 Å². The van der Waals surface area contributed by atoms with Crippen LogP contribution in [0.1, 0.15) is 37.3 Å². The number of likely N-dealkylation sites (tertiary alicyclic amines) is 1. The molecular weight excluding hydrogens is 606 g/mol. The summed E-state index contributed by atoms with van der Waals surface area (Å²) in [6, 6.07) is 22.6. The van der Waals surface area contributed by atoms with Crippen LogP contribution in [0.2, 0.25) is 0 Å². The molecule has 3 heterocycles. The molecule has 2 aliphatic heterocycles. The maximum atomic E-state index is 14.5. The number of rotatable bonds is 14. The molecule has 256 valence electrons. The first kappa shape index (κ1) is 33.6. The summed E-state index contributed by atoms with van der Waals surface area (Å²) in [6.07, 6.45) is 2.59. The largest absolute Gasteiger partial charge is 0.493 e. The molecule has 6 rings (SSSR count). The van der Waals surface area contributed by atoms with Crippen LogP contribution in [0.4, 0.5) is 5.95 Å². The Hall–Kier alpha value is -4.28. The number of anilines is 1. The molecule has 48 heavy (non-hydrogen) atoms. The van der Waals surface area contributed by atoms with E-state index in [1.807, 2.05) is 42.2 Å². The van der Waals surface area contributed by atoms with Gasteiger partial charge in [0.2, 0.25) is 17.6 Å². The number of carbonyl (C=O) groups excluding carboxylic acids is 1. The molecule has 0 N–H and O–H groups in total. The number of hydrogen-bond acceptors (Lipinski definition) is 8. The Bertz CT molecular complexity index is 1650. The molecule has 0 bridgehead atoms. The molecule has 0 spiro atoms. The van der Waals surface area contributed by atoms with Gasteiger partial charge in [0, 0.05) is 45.9 Å². The molecule has 1 unspecified atom stereocenters. The lowest BCUT2D eigenvalue weighted by molar-refractivity contribution is -0.133. The minimum Gasteiger partial charge on any atom is -0.493 e. The fourth-order valence-corrected chi connectivity index (χ4v) is 7.40. The van der Waals surface area contributed by atoms with Gasteiger partial charge in [-0.15, -0.1) is 0 Å². The van der Waals surface area contributed by atoms with Crippen molar-refractivity contribution in [2.24, 2.45) is 0 Å². The molecule has 10 nitrogen and oxygen atoms in total. The van der Waals surface area contributed by atoms with Crippen LogP contribution >= 0.6 is 0 Å². The van der Waals surface area contributed by atoms with Crippen LogP contribution in [-0.2, 0) is 28.0 Å². The molecule has 0 aliphatic carbocycles. The second-order valence-corrected chi connectivity index (χ2v) is 12.6. The normalized spacial score (nSPS) is 18.8. The molecule has 3 aromatic carbocycles. The summed E-state index contributed by atoms with van der Waals surface area (Å²) in [4.78, 5) is 26.5. The summed E-state index contributed by atoms with van der Waals surface area (Å²) < 4.78 is 24.7. The van der Waals surface area contributed by atoms with E-state index >= 15 is 0 Å². The number of nitrogens with zero attached hydrogens (tertiary/aromatic N) is 5. The van der Waals surface area contributed by atoms with Gasteiger partial charge in [-0.3, -0.25) is 4.79 Å². The van der Waals surface area contributed by atoms with E-state index in [-0.39, 0.29) is 5.91 Å². The Morgan fingerprint density at radius 2 is 1.58 bits per heavy atom. The summed E-state index contributed by atoms with van der Waals surface area (Å²) >= 11 is 0. The summed E-state index contributed by atoms with van der Waals surface area (Å²) in [7, 11) is 4.83. The van der Waals surface area contributed by atoms with Gasteiger partial charge in [-0.2, -0.15) is 0 Å². The molecule has 0 radical (unpaired) electrons. The zero-order valence-electron chi connectivity index (χ0n) is 28.8. The van der Waals surface area contributed by atoms with Crippen LogP contribution in [0.25, 0.3) is 11.0 Å². The number of fused-ring (bicyclic) bond motifs is 1. The van der Waals surface area contributed by atoms with Crippen molar-refractivity contribution in [2.75, 3.05) is 78.7 Å². The Labute approximate surface area is 284 Å². The van der Waals surface area contributed by atoms with Gasteiger partial charge in [-0.05, 0) is 74.7 Å². The Balaban J connectivity index is 1.17. The second-order valence-electron chi connectivity index (χ2n) is 12.6. The van der Waals surface area contributed by atoms with E-state index in [4.69, 9.17) is 23.9 Å². The molecule has 1 aromatic heterocycles. The van der Waals surface area contributed by atoms with Gasteiger partial charge in [0.25, 0.3) is 0 Å². The highest BCUT2D eigenvalue weighted by molar-refractivity contribution is 5.90. The van der Waals surface area contributed by atoms with E-state index in [0.717, 1.165) is 86.6 Å². The number of amides is 1. The molecule has 1 amide bonds. The standard InChI is InChI=1S/C38H49N5O5/c1-5-48-25-24-43-32-15-10-9-14-31(32)39-37(43)41-19-11-18-40(22-23-41)20-16-38(30-12-7-6-8-13-30)17-21-42(36(38)44)28-29-26-33(45-2)35(47-4)34(27-29)46-3/h6-10,12-15,26-27H,5,11,16-25,28H2,1-4H3. The van der Waals surface area contributed by atoms with Crippen LogP contribution in [0.3, 0.4) is 0 Å². The second kappa shape index (κ2) is 15.3. The molecule has 2 saturated heterocycles. The van der Waals surface area contributed by atoms with Crippen LogP contribution in [-0.4, -0.2) is 99.1 Å². The van der Waals surface area contributed by atoms with E-state index < -0.39 is 5.41 Å². The van der Waals surface area contributed by atoms with E-state index in [0.29, 0.717) is 43.6 Å². The van der Waals surface area contributed by atoms with Gasteiger partial charge >= 0.3 is 0 Å². The van der Waals surface area contributed by atoms with Gasteiger partial charge in [0.15, 0.2) is 11.5 Å². The van der Waals surface area contributed by atoms with Crippen molar-refractivity contribution in [3.63, 3.8) is 0 Å². The third kappa shape index (κ3) is 6.82. The average molecular weight is 656 g/mol. The minimum atomic E-state index is -0.568. The molecule has 4 aromatic rings. The zero-order chi connectivity index (χ0) is 33.5. The SMILES string of the molecule is CCOCCn1c(N2CCCN(CCC3(c4ccccc4)CCN(Cc4cc(OC)c(OC)c(OC)c4)C3=O)CC2)nc2ccccc21. The van der Waals surface area contributed by atoms with Gasteiger partial charge in [0.1, 0.15) is 0 Å².